The summed E-state index contributed by atoms with van der Waals surface area (Å²) in [4.78, 5) is 4.78. The van der Waals surface area contributed by atoms with Crippen LogP contribution in [0.2, 0.25) is 0 Å². The Bertz CT molecular complexity index is 1070. The van der Waals surface area contributed by atoms with Gasteiger partial charge in [0.15, 0.2) is 0 Å². The largest absolute Gasteiger partial charge is 0.508 e. The lowest BCUT2D eigenvalue weighted by atomic mass is 9.87. The van der Waals surface area contributed by atoms with Gasteiger partial charge >= 0.3 is 0 Å². The maximum Gasteiger partial charge on any atom is 0.221 e. The number of aliphatic hydroxyl groups is 3. The van der Waals surface area contributed by atoms with E-state index in [2.05, 4.69) is 0 Å². The van der Waals surface area contributed by atoms with Gasteiger partial charge in [-0.05, 0) is 54.1 Å². The lowest BCUT2D eigenvalue weighted by Crippen LogP contribution is -2.34. The number of hydrogen-bond donors (Lipinski definition) is 4. The Hall–Kier alpha value is -2.78. The first-order valence-electron chi connectivity index (χ1n) is 10.6. The van der Waals surface area contributed by atoms with Crippen LogP contribution in [-0.2, 0) is 4.74 Å². The maximum absolute atomic E-state index is 13.6. The lowest BCUT2D eigenvalue weighted by Gasteiger charge is -2.26. The highest BCUT2D eigenvalue weighted by Gasteiger charge is 2.26. The first-order valence-corrected chi connectivity index (χ1v) is 10.6. The van der Waals surface area contributed by atoms with E-state index >= 15 is 0 Å². The molecule has 2 atom stereocenters. The third-order valence-corrected chi connectivity index (χ3v) is 5.74. The molecule has 4 rings (SSSR count). The fourth-order valence-electron chi connectivity index (χ4n) is 3.98. The van der Waals surface area contributed by atoms with Crippen molar-refractivity contribution in [2.24, 2.45) is 0 Å². The predicted octanol–water partition coefficient (Wildman–Crippen LogP) is 2.73. The third kappa shape index (κ3) is 4.68. The molecular formula is C24H26FNO6. The van der Waals surface area contributed by atoms with Crippen LogP contribution in [0.4, 0.5) is 4.39 Å². The van der Waals surface area contributed by atoms with Gasteiger partial charge in [0, 0.05) is 30.1 Å². The van der Waals surface area contributed by atoms with E-state index in [-0.39, 0.29) is 30.0 Å². The molecule has 0 unspecified atom stereocenters. The van der Waals surface area contributed by atoms with Crippen molar-refractivity contribution < 1.29 is 34.3 Å². The van der Waals surface area contributed by atoms with Crippen LogP contribution < -0.4 is 4.74 Å². The van der Waals surface area contributed by atoms with Gasteiger partial charge in [0.25, 0.3) is 0 Å². The molecule has 7 nitrogen and oxygen atoms in total. The summed E-state index contributed by atoms with van der Waals surface area (Å²) in [7, 11) is 0. The average Bonchev–Trinajstić information content (AvgIpc) is 2.82. The summed E-state index contributed by atoms with van der Waals surface area (Å²) in [6.07, 6.45) is -1.13. The van der Waals surface area contributed by atoms with Crippen molar-refractivity contribution in [1.82, 2.24) is 4.98 Å². The SMILES string of the molecule is OC[C@H](O)[C@@H](O)COc1nc(C2CCOCC2)c(-c2ccc(F)cc2)c2ccc(O)cc12. The quantitative estimate of drug-likeness (QED) is 0.444. The number of halogens is 1. The monoisotopic (exact) mass is 443 g/mol. The van der Waals surface area contributed by atoms with Crippen molar-refractivity contribution in [3.63, 3.8) is 0 Å². The highest BCUT2D eigenvalue weighted by molar-refractivity contribution is 6.01. The number of phenols is 1. The Balaban J connectivity index is 1.87. The third-order valence-electron chi connectivity index (χ3n) is 5.74. The van der Waals surface area contributed by atoms with Gasteiger partial charge in [0.2, 0.25) is 5.88 Å². The predicted molar refractivity (Wildman–Crippen MR) is 116 cm³/mol. The van der Waals surface area contributed by atoms with Gasteiger partial charge in [-0.25, -0.2) is 9.37 Å². The molecule has 3 aromatic rings. The number of ether oxygens (including phenoxy) is 2. The van der Waals surface area contributed by atoms with Crippen LogP contribution in [0.15, 0.2) is 42.5 Å². The standard InChI is InChI=1S/C24H26FNO6/c25-16-3-1-14(2-4-16)22-18-6-5-17(28)11-19(18)24(32-13-21(30)20(29)12-27)26-23(22)15-7-9-31-10-8-15/h1-6,11,15,20-21,27-30H,7-10,12-13H2/t20-,21-/m0/s1. The van der Waals surface area contributed by atoms with Gasteiger partial charge in [0.05, 0.1) is 12.3 Å². The summed E-state index contributed by atoms with van der Waals surface area (Å²) >= 11 is 0. The normalized spacial score (nSPS) is 16.8. The van der Waals surface area contributed by atoms with Crippen LogP contribution in [0.1, 0.15) is 24.5 Å². The van der Waals surface area contributed by atoms with Crippen LogP contribution in [0.5, 0.6) is 11.6 Å². The molecule has 0 spiro atoms. The van der Waals surface area contributed by atoms with Crippen LogP contribution in [0, 0.1) is 5.82 Å². The number of aromatic nitrogens is 1. The summed E-state index contributed by atoms with van der Waals surface area (Å²) in [6, 6.07) is 11.0. The van der Waals surface area contributed by atoms with Gasteiger partial charge in [-0.15, -0.1) is 0 Å². The summed E-state index contributed by atoms with van der Waals surface area (Å²) in [5, 5.41) is 40.1. The molecule has 0 amide bonds. The Kier molecular flexibility index (Phi) is 6.86. The fourth-order valence-corrected chi connectivity index (χ4v) is 3.98. The minimum Gasteiger partial charge on any atom is -0.508 e. The highest BCUT2D eigenvalue weighted by Crippen LogP contribution is 2.42. The van der Waals surface area contributed by atoms with Crippen LogP contribution in [0.25, 0.3) is 21.9 Å². The Labute approximate surface area is 184 Å². The van der Waals surface area contributed by atoms with E-state index in [1.807, 2.05) is 0 Å². The molecule has 1 aliphatic rings. The Morgan fingerprint density at radius 3 is 2.44 bits per heavy atom. The number of aliphatic hydroxyl groups excluding tert-OH is 3. The molecular weight excluding hydrogens is 417 g/mol. The molecule has 2 aromatic carbocycles. The van der Waals surface area contributed by atoms with Crippen molar-refractivity contribution in [3.8, 4) is 22.8 Å². The molecule has 8 heteroatoms. The number of aromatic hydroxyl groups is 1. The Morgan fingerprint density at radius 1 is 1.03 bits per heavy atom. The van der Waals surface area contributed by atoms with Gasteiger partial charge in [0.1, 0.15) is 30.4 Å². The van der Waals surface area contributed by atoms with E-state index in [1.165, 1.54) is 18.2 Å². The minimum absolute atomic E-state index is 0.0176. The smallest absolute Gasteiger partial charge is 0.221 e. The molecule has 0 bridgehead atoms. The van der Waals surface area contributed by atoms with E-state index in [1.54, 1.807) is 24.3 Å². The maximum atomic E-state index is 13.6. The number of benzene rings is 2. The van der Waals surface area contributed by atoms with E-state index in [0.717, 1.165) is 35.0 Å². The van der Waals surface area contributed by atoms with E-state index in [4.69, 9.17) is 19.6 Å². The highest BCUT2D eigenvalue weighted by atomic mass is 19.1. The summed E-state index contributed by atoms with van der Waals surface area (Å²) in [5.41, 5.74) is 2.39. The molecule has 32 heavy (non-hydrogen) atoms. The molecule has 170 valence electrons. The number of pyridine rings is 1. The number of rotatable bonds is 7. The van der Waals surface area contributed by atoms with Gasteiger partial charge in [-0.2, -0.15) is 0 Å². The van der Waals surface area contributed by atoms with E-state index in [0.29, 0.717) is 18.6 Å². The molecule has 0 aliphatic carbocycles. The number of hydrogen-bond acceptors (Lipinski definition) is 7. The van der Waals surface area contributed by atoms with Crippen LogP contribution >= 0.6 is 0 Å². The second kappa shape index (κ2) is 9.79. The van der Waals surface area contributed by atoms with Crippen LogP contribution in [-0.4, -0.2) is 64.0 Å². The number of fused-ring (bicyclic) bond motifs is 1. The summed E-state index contributed by atoms with van der Waals surface area (Å²) in [5.74, 6) is -0.0404. The zero-order valence-corrected chi connectivity index (χ0v) is 17.4. The molecule has 2 heterocycles. The number of nitrogens with zero attached hydrogens (tertiary/aromatic N) is 1. The summed E-state index contributed by atoms with van der Waals surface area (Å²) in [6.45, 7) is 0.305. The van der Waals surface area contributed by atoms with Crippen molar-refractivity contribution >= 4 is 10.8 Å². The Morgan fingerprint density at radius 2 is 1.75 bits per heavy atom. The molecule has 1 fully saturated rings. The summed E-state index contributed by atoms with van der Waals surface area (Å²) < 4.78 is 24.9. The van der Waals surface area contributed by atoms with Gasteiger partial charge in [-0.1, -0.05) is 12.1 Å². The fraction of sp³-hybridized carbons (Fsp3) is 0.375. The second-order valence-electron chi connectivity index (χ2n) is 7.93. The molecule has 0 radical (unpaired) electrons. The molecule has 1 aromatic heterocycles. The van der Waals surface area contributed by atoms with Crippen molar-refractivity contribution in [2.75, 3.05) is 26.4 Å². The lowest BCUT2D eigenvalue weighted by molar-refractivity contribution is -0.0343. The topological polar surface area (TPSA) is 112 Å². The number of phenolic OH excluding ortho intramolecular Hbond substituents is 1. The second-order valence-corrected chi connectivity index (χ2v) is 7.93. The molecule has 0 saturated carbocycles. The molecule has 1 saturated heterocycles. The average molecular weight is 443 g/mol. The molecule has 4 N–H and O–H groups in total. The van der Waals surface area contributed by atoms with Crippen molar-refractivity contribution in [3.05, 3.63) is 54.0 Å². The van der Waals surface area contributed by atoms with Crippen molar-refractivity contribution in [2.45, 2.75) is 31.0 Å². The zero-order chi connectivity index (χ0) is 22.7. The minimum atomic E-state index is -1.34. The zero-order valence-electron chi connectivity index (χ0n) is 17.4. The first-order chi connectivity index (χ1) is 15.5. The first kappa shape index (κ1) is 22.4. The van der Waals surface area contributed by atoms with E-state index < -0.39 is 18.8 Å². The van der Waals surface area contributed by atoms with Crippen LogP contribution in [0.3, 0.4) is 0 Å². The van der Waals surface area contributed by atoms with Gasteiger partial charge in [-0.3, -0.25) is 0 Å². The molecule has 1 aliphatic heterocycles. The van der Waals surface area contributed by atoms with E-state index in [9.17, 15) is 19.7 Å². The van der Waals surface area contributed by atoms with Gasteiger partial charge < -0.3 is 29.9 Å². The van der Waals surface area contributed by atoms with Crippen molar-refractivity contribution in [1.29, 1.82) is 0 Å².